The number of nitrogens with zero attached hydrogens (tertiary/aromatic N) is 2. The molecular weight excluding hydrogens is 222 g/mol. The molecule has 2 aliphatic heterocycles. The Morgan fingerprint density at radius 3 is 2.12 bits per heavy atom. The summed E-state index contributed by atoms with van der Waals surface area (Å²) in [6.45, 7) is 2.43. The Kier molecular flexibility index (Phi) is 3.51. The van der Waals surface area contributed by atoms with Gasteiger partial charge in [0.15, 0.2) is 0 Å². The first kappa shape index (κ1) is 12.2. The van der Waals surface area contributed by atoms with Crippen molar-refractivity contribution in [2.75, 3.05) is 26.2 Å². The van der Waals surface area contributed by atoms with Crippen LogP contribution >= 0.6 is 0 Å². The Hall–Kier alpha value is -1.30. The lowest BCUT2D eigenvalue weighted by atomic mass is 9.97. The molecule has 2 heterocycles. The summed E-state index contributed by atoms with van der Waals surface area (Å²) in [5, 5.41) is 8.88. The van der Waals surface area contributed by atoms with Crippen molar-refractivity contribution < 1.29 is 14.7 Å². The quantitative estimate of drug-likeness (QED) is 0.673. The number of hydrogen-bond acceptors (Lipinski definition) is 3. The number of hydrogen-bond donors (Lipinski definition) is 2. The Morgan fingerprint density at radius 1 is 1.06 bits per heavy atom. The summed E-state index contributed by atoms with van der Waals surface area (Å²) in [7, 11) is 0. The highest BCUT2D eigenvalue weighted by atomic mass is 16.4. The number of carboxylic acid groups (broad SMARTS) is 1. The van der Waals surface area contributed by atoms with Gasteiger partial charge in [0.1, 0.15) is 0 Å². The van der Waals surface area contributed by atoms with E-state index < -0.39 is 5.97 Å². The van der Waals surface area contributed by atoms with Gasteiger partial charge in [0.05, 0.1) is 5.92 Å². The van der Waals surface area contributed by atoms with Crippen LogP contribution < -0.4 is 5.73 Å². The Morgan fingerprint density at radius 2 is 1.65 bits per heavy atom. The number of likely N-dealkylation sites (tertiary alicyclic amines) is 2. The molecule has 6 heteroatoms. The third-order valence-corrected chi connectivity index (χ3v) is 3.61. The van der Waals surface area contributed by atoms with E-state index in [0.717, 1.165) is 13.0 Å². The zero-order valence-corrected chi connectivity index (χ0v) is 9.84. The van der Waals surface area contributed by atoms with Crippen molar-refractivity contribution in [2.24, 2.45) is 11.7 Å². The number of carbonyl (C=O) groups excluding carboxylic acids is 1. The second-order valence-corrected chi connectivity index (χ2v) is 4.88. The van der Waals surface area contributed by atoms with Crippen molar-refractivity contribution in [3.8, 4) is 0 Å². The summed E-state index contributed by atoms with van der Waals surface area (Å²) in [6.07, 6.45) is 1.97. The molecule has 2 amide bonds. The fraction of sp³-hybridized carbons (Fsp3) is 0.818. The molecule has 96 valence electrons. The maximum Gasteiger partial charge on any atom is 0.320 e. The summed E-state index contributed by atoms with van der Waals surface area (Å²) in [5.74, 6) is -1.04. The molecule has 0 spiro atoms. The molecular formula is C11H19N3O3. The van der Waals surface area contributed by atoms with Crippen LogP contribution in [0.4, 0.5) is 4.79 Å². The number of nitrogens with two attached hydrogens (primary N) is 1. The number of carboxylic acids is 1. The number of amides is 2. The molecule has 2 rings (SSSR count). The van der Waals surface area contributed by atoms with Gasteiger partial charge in [0.25, 0.3) is 0 Å². The van der Waals surface area contributed by atoms with Crippen molar-refractivity contribution >= 4 is 12.0 Å². The van der Waals surface area contributed by atoms with Crippen molar-refractivity contribution in [3.05, 3.63) is 0 Å². The molecule has 1 atom stereocenters. The topological polar surface area (TPSA) is 86.9 Å². The number of urea groups is 1. The van der Waals surface area contributed by atoms with Crippen LogP contribution in [0.1, 0.15) is 19.3 Å². The van der Waals surface area contributed by atoms with Crippen molar-refractivity contribution in [1.29, 1.82) is 0 Å². The largest absolute Gasteiger partial charge is 0.481 e. The third kappa shape index (κ3) is 2.69. The molecule has 0 aromatic carbocycles. The van der Waals surface area contributed by atoms with Gasteiger partial charge >= 0.3 is 12.0 Å². The minimum Gasteiger partial charge on any atom is -0.481 e. The standard InChI is InChI=1S/C11H19N3O3/c12-9-3-6-14(7-9)11(17)13-4-1-8(2-5-13)10(15)16/h8-9H,1-7,12H2,(H,15,16). The van der Waals surface area contributed by atoms with E-state index in [1.165, 1.54) is 0 Å². The zero-order chi connectivity index (χ0) is 12.4. The van der Waals surface area contributed by atoms with Gasteiger partial charge in [-0.05, 0) is 19.3 Å². The average molecular weight is 241 g/mol. The van der Waals surface area contributed by atoms with Crippen LogP contribution in [-0.4, -0.2) is 59.1 Å². The minimum atomic E-state index is -0.750. The third-order valence-electron chi connectivity index (χ3n) is 3.61. The van der Waals surface area contributed by atoms with E-state index in [-0.39, 0.29) is 18.0 Å². The lowest BCUT2D eigenvalue weighted by Gasteiger charge is -2.33. The van der Waals surface area contributed by atoms with Crippen molar-refractivity contribution in [3.63, 3.8) is 0 Å². The maximum absolute atomic E-state index is 12.1. The summed E-state index contributed by atoms with van der Waals surface area (Å²) >= 11 is 0. The first-order valence-corrected chi connectivity index (χ1v) is 6.10. The second kappa shape index (κ2) is 4.91. The number of piperidine rings is 1. The van der Waals surface area contributed by atoms with E-state index in [4.69, 9.17) is 10.8 Å². The van der Waals surface area contributed by atoms with Gasteiger partial charge in [-0.1, -0.05) is 0 Å². The molecule has 6 nitrogen and oxygen atoms in total. The van der Waals surface area contributed by atoms with Gasteiger partial charge < -0.3 is 20.6 Å². The molecule has 0 aliphatic carbocycles. The predicted molar refractivity (Wildman–Crippen MR) is 61.5 cm³/mol. The van der Waals surface area contributed by atoms with E-state index in [1.54, 1.807) is 9.80 Å². The van der Waals surface area contributed by atoms with Crippen molar-refractivity contribution in [1.82, 2.24) is 9.80 Å². The summed E-state index contributed by atoms with van der Waals surface area (Å²) in [4.78, 5) is 26.4. The van der Waals surface area contributed by atoms with Gasteiger partial charge in [-0.25, -0.2) is 4.79 Å². The molecule has 2 fully saturated rings. The van der Waals surface area contributed by atoms with Gasteiger partial charge in [0, 0.05) is 32.2 Å². The van der Waals surface area contributed by atoms with E-state index >= 15 is 0 Å². The molecule has 0 bridgehead atoms. The second-order valence-electron chi connectivity index (χ2n) is 4.88. The van der Waals surface area contributed by atoms with E-state index in [2.05, 4.69) is 0 Å². The lowest BCUT2D eigenvalue weighted by molar-refractivity contribution is -0.143. The van der Waals surface area contributed by atoms with E-state index in [0.29, 0.717) is 32.5 Å². The number of aliphatic carboxylic acids is 1. The molecule has 0 aromatic rings. The van der Waals surface area contributed by atoms with Gasteiger partial charge in [-0.2, -0.15) is 0 Å². The van der Waals surface area contributed by atoms with Crippen LogP contribution in [0.5, 0.6) is 0 Å². The summed E-state index contributed by atoms with van der Waals surface area (Å²) < 4.78 is 0. The highest BCUT2D eigenvalue weighted by Gasteiger charge is 2.31. The summed E-state index contributed by atoms with van der Waals surface area (Å²) in [6, 6.07) is 0.109. The van der Waals surface area contributed by atoms with Gasteiger partial charge in [-0.3, -0.25) is 4.79 Å². The molecule has 1 unspecified atom stereocenters. The van der Waals surface area contributed by atoms with E-state index in [1.807, 2.05) is 0 Å². The first-order chi connectivity index (χ1) is 8.08. The minimum absolute atomic E-state index is 0.0155. The molecule has 3 N–H and O–H groups in total. The van der Waals surface area contributed by atoms with Crippen LogP contribution in [0.3, 0.4) is 0 Å². The Bertz CT molecular complexity index is 313. The SMILES string of the molecule is NC1CCN(C(=O)N2CCC(C(=O)O)CC2)C1. The highest BCUT2D eigenvalue weighted by molar-refractivity contribution is 5.76. The number of carbonyl (C=O) groups is 2. The molecule has 0 radical (unpaired) electrons. The maximum atomic E-state index is 12.1. The summed E-state index contributed by atoms with van der Waals surface area (Å²) in [5.41, 5.74) is 5.76. The van der Waals surface area contributed by atoms with Crippen LogP contribution in [0.15, 0.2) is 0 Å². The fourth-order valence-corrected chi connectivity index (χ4v) is 2.48. The van der Waals surface area contributed by atoms with Crippen LogP contribution in [0, 0.1) is 5.92 Å². The van der Waals surface area contributed by atoms with Crippen LogP contribution in [0.25, 0.3) is 0 Å². The Balaban J connectivity index is 1.84. The average Bonchev–Trinajstić information content (AvgIpc) is 2.75. The first-order valence-electron chi connectivity index (χ1n) is 6.10. The number of rotatable bonds is 1. The van der Waals surface area contributed by atoms with Gasteiger partial charge in [0.2, 0.25) is 0 Å². The normalized spacial score (nSPS) is 26.3. The smallest absolute Gasteiger partial charge is 0.320 e. The molecule has 2 aliphatic rings. The van der Waals surface area contributed by atoms with Crippen LogP contribution in [-0.2, 0) is 4.79 Å². The van der Waals surface area contributed by atoms with Gasteiger partial charge in [-0.15, -0.1) is 0 Å². The highest BCUT2D eigenvalue weighted by Crippen LogP contribution is 2.19. The van der Waals surface area contributed by atoms with Crippen molar-refractivity contribution in [2.45, 2.75) is 25.3 Å². The zero-order valence-electron chi connectivity index (χ0n) is 9.84. The lowest BCUT2D eigenvalue weighted by Crippen LogP contribution is -2.47. The predicted octanol–water partition coefficient (Wildman–Crippen LogP) is -0.0640. The van der Waals surface area contributed by atoms with Crippen LogP contribution in [0.2, 0.25) is 0 Å². The molecule has 2 saturated heterocycles. The molecule has 0 saturated carbocycles. The monoisotopic (exact) mass is 241 g/mol. The molecule has 0 aromatic heterocycles. The fourth-order valence-electron chi connectivity index (χ4n) is 2.48. The van der Waals surface area contributed by atoms with E-state index in [9.17, 15) is 9.59 Å². The Labute approximate surface area is 100 Å². The molecule has 17 heavy (non-hydrogen) atoms.